The summed E-state index contributed by atoms with van der Waals surface area (Å²) in [5.74, 6) is -0.230. The maximum absolute atomic E-state index is 12.5. The molecule has 0 aliphatic heterocycles. The first-order valence-corrected chi connectivity index (χ1v) is 10.1. The van der Waals surface area contributed by atoms with Crippen molar-refractivity contribution in [3.8, 4) is 11.1 Å². The number of benzene rings is 1. The van der Waals surface area contributed by atoms with E-state index in [0.717, 1.165) is 33.6 Å². The Kier molecular flexibility index (Phi) is 6.03. The van der Waals surface area contributed by atoms with Crippen molar-refractivity contribution in [2.24, 2.45) is 0 Å². The highest BCUT2D eigenvalue weighted by molar-refractivity contribution is 5.90. The fraction of sp³-hybridized carbons (Fsp3) is 0.435. The third-order valence-electron chi connectivity index (χ3n) is 4.96. The first kappa shape index (κ1) is 21.0. The minimum Gasteiger partial charge on any atom is -0.461 e. The maximum atomic E-state index is 12.5. The Hall–Kier alpha value is -2.73. The van der Waals surface area contributed by atoms with Gasteiger partial charge in [0.05, 0.1) is 17.9 Å². The average molecular weight is 395 g/mol. The molecule has 1 aromatic carbocycles. The lowest BCUT2D eigenvalue weighted by Crippen LogP contribution is -2.12. The molecule has 0 aliphatic carbocycles. The number of hydrogen-bond donors (Lipinski definition) is 0. The maximum Gasteiger partial charge on any atom is 0.357 e. The van der Waals surface area contributed by atoms with E-state index in [-0.39, 0.29) is 5.92 Å². The topological polar surface area (TPSA) is 59.7 Å². The van der Waals surface area contributed by atoms with E-state index in [4.69, 9.17) is 14.8 Å². The number of aromatic nitrogens is 3. The highest BCUT2D eigenvalue weighted by Crippen LogP contribution is 2.35. The van der Waals surface area contributed by atoms with E-state index < -0.39 is 5.97 Å². The van der Waals surface area contributed by atoms with Crippen LogP contribution in [0.5, 0.6) is 0 Å². The molecule has 0 bridgehead atoms. The van der Waals surface area contributed by atoms with Gasteiger partial charge in [-0.05, 0) is 63.5 Å². The zero-order valence-corrected chi connectivity index (χ0v) is 18.4. The molecular formula is C23H30N4O2. The van der Waals surface area contributed by atoms with Crippen molar-refractivity contribution in [3.05, 3.63) is 52.5 Å². The standard InChI is InChI=1S/C23H30N4O2/c1-8-29-23(28)17-12-19(14(2)3)27-22(24-17)21(18(25-27)13-26(6)7)20-15(4)10-9-11-16(20)5/h9-12,14H,8,13H2,1-7H3. The minimum absolute atomic E-state index is 0.173. The van der Waals surface area contributed by atoms with Crippen LogP contribution in [0, 0.1) is 13.8 Å². The number of hydrogen-bond acceptors (Lipinski definition) is 5. The molecule has 0 radical (unpaired) electrons. The van der Waals surface area contributed by atoms with Crippen LogP contribution in [0.4, 0.5) is 0 Å². The molecule has 0 fully saturated rings. The summed E-state index contributed by atoms with van der Waals surface area (Å²) in [7, 11) is 4.05. The van der Waals surface area contributed by atoms with Crippen LogP contribution in [-0.2, 0) is 11.3 Å². The second-order valence-electron chi connectivity index (χ2n) is 8.00. The number of carbonyl (C=O) groups excluding carboxylic acids is 1. The molecule has 2 aromatic heterocycles. The third kappa shape index (κ3) is 4.03. The molecule has 0 atom stereocenters. The summed E-state index contributed by atoms with van der Waals surface area (Å²) in [6.07, 6.45) is 0. The van der Waals surface area contributed by atoms with E-state index in [1.807, 2.05) is 18.6 Å². The summed E-state index contributed by atoms with van der Waals surface area (Å²) >= 11 is 0. The van der Waals surface area contributed by atoms with Crippen molar-refractivity contribution in [1.82, 2.24) is 19.5 Å². The molecule has 29 heavy (non-hydrogen) atoms. The minimum atomic E-state index is -0.403. The van der Waals surface area contributed by atoms with Crippen molar-refractivity contribution in [1.29, 1.82) is 0 Å². The van der Waals surface area contributed by atoms with Gasteiger partial charge in [0.2, 0.25) is 0 Å². The fourth-order valence-electron chi connectivity index (χ4n) is 3.68. The van der Waals surface area contributed by atoms with E-state index in [9.17, 15) is 4.79 Å². The summed E-state index contributed by atoms with van der Waals surface area (Å²) in [6, 6.07) is 8.06. The van der Waals surface area contributed by atoms with Crippen molar-refractivity contribution < 1.29 is 9.53 Å². The summed E-state index contributed by atoms with van der Waals surface area (Å²) < 4.78 is 7.13. The molecule has 0 aliphatic rings. The third-order valence-corrected chi connectivity index (χ3v) is 4.96. The molecule has 6 nitrogen and oxygen atoms in total. The number of aryl methyl sites for hydroxylation is 2. The van der Waals surface area contributed by atoms with Gasteiger partial charge in [0.1, 0.15) is 0 Å². The van der Waals surface area contributed by atoms with Crippen LogP contribution in [0.2, 0.25) is 0 Å². The van der Waals surface area contributed by atoms with Gasteiger partial charge in [-0.1, -0.05) is 32.0 Å². The molecule has 0 amide bonds. The van der Waals surface area contributed by atoms with E-state index in [0.29, 0.717) is 24.5 Å². The Morgan fingerprint density at radius 2 is 1.83 bits per heavy atom. The van der Waals surface area contributed by atoms with E-state index in [1.54, 1.807) is 13.0 Å². The van der Waals surface area contributed by atoms with Gasteiger partial charge in [0.15, 0.2) is 11.3 Å². The molecule has 0 N–H and O–H groups in total. The first-order chi connectivity index (χ1) is 13.7. The second kappa shape index (κ2) is 8.33. The predicted molar refractivity (Wildman–Crippen MR) is 115 cm³/mol. The Labute approximate surface area is 172 Å². The number of esters is 1. The Balaban J connectivity index is 2.42. The lowest BCUT2D eigenvalue weighted by atomic mass is 9.95. The van der Waals surface area contributed by atoms with Crippen LogP contribution in [-0.4, -0.2) is 46.2 Å². The monoisotopic (exact) mass is 394 g/mol. The molecular weight excluding hydrogens is 364 g/mol. The highest BCUT2D eigenvalue weighted by Gasteiger charge is 2.24. The number of nitrogens with zero attached hydrogens (tertiary/aromatic N) is 4. The van der Waals surface area contributed by atoms with Gasteiger partial charge in [0, 0.05) is 12.2 Å². The summed E-state index contributed by atoms with van der Waals surface area (Å²) in [6.45, 7) is 11.2. The molecule has 3 rings (SSSR count). The van der Waals surface area contributed by atoms with Crippen LogP contribution in [0.3, 0.4) is 0 Å². The number of carbonyl (C=O) groups is 1. The molecule has 0 saturated heterocycles. The molecule has 0 unspecified atom stereocenters. The van der Waals surface area contributed by atoms with Crippen LogP contribution in [0.1, 0.15) is 59.7 Å². The van der Waals surface area contributed by atoms with E-state index in [1.165, 1.54) is 0 Å². The first-order valence-electron chi connectivity index (χ1n) is 10.1. The van der Waals surface area contributed by atoms with Gasteiger partial charge in [0.25, 0.3) is 0 Å². The Bertz CT molecular complexity index is 1030. The van der Waals surface area contributed by atoms with Gasteiger partial charge in [-0.25, -0.2) is 14.3 Å². The number of rotatable bonds is 6. The molecule has 3 aromatic rings. The molecule has 154 valence electrons. The summed E-state index contributed by atoms with van der Waals surface area (Å²) in [5, 5.41) is 4.94. The highest BCUT2D eigenvalue weighted by atomic mass is 16.5. The normalized spacial score (nSPS) is 11.6. The quantitative estimate of drug-likeness (QED) is 0.581. The van der Waals surface area contributed by atoms with Crippen LogP contribution >= 0.6 is 0 Å². The Morgan fingerprint density at radius 1 is 1.17 bits per heavy atom. The average Bonchev–Trinajstić information content (AvgIpc) is 2.98. The van der Waals surface area contributed by atoms with E-state index in [2.05, 4.69) is 50.8 Å². The zero-order valence-electron chi connectivity index (χ0n) is 18.4. The molecule has 0 saturated carbocycles. The van der Waals surface area contributed by atoms with Crippen molar-refractivity contribution in [2.45, 2.75) is 47.1 Å². The number of fused-ring (bicyclic) bond motifs is 1. The SMILES string of the molecule is CCOC(=O)c1cc(C(C)C)n2nc(CN(C)C)c(-c3c(C)cccc3C)c2n1. The largest absolute Gasteiger partial charge is 0.461 e. The van der Waals surface area contributed by atoms with Crippen LogP contribution in [0.15, 0.2) is 24.3 Å². The lowest BCUT2D eigenvalue weighted by molar-refractivity contribution is 0.0519. The zero-order chi connectivity index (χ0) is 21.3. The van der Waals surface area contributed by atoms with Crippen LogP contribution in [0.25, 0.3) is 16.8 Å². The van der Waals surface area contributed by atoms with Gasteiger partial charge in [-0.3, -0.25) is 0 Å². The van der Waals surface area contributed by atoms with Gasteiger partial charge < -0.3 is 9.64 Å². The molecule has 0 spiro atoms. The number of ether oxygens (including phenoxy) is 1. The Morgan fingerprint density at radius 3 is 2.38 bits per heavy atom. The van der Waals surface area contributed by atoms with Gasteiger partial charge in [-0.2, -0.15) is 5.10 Å². The van der Waals surface area contributed by atoms with Crippen molar-refractivity contribution in [2.75, 3.05) is 20.7 Å². The van der Waals surface area contributed by atoms with E-state index >= 15 is 0 Å². The van der Waals surface area contributed by atoms with Crippen molar-refractivity contribution >= 4 is 11.6 Å². The smallest absolute Gasteiger partial charge is 0.357 e. The summed E-state index contributed by atoms with van der Waals surface area (Å²) in [4.78, 5) is 19.3. The second-order valence-corrected chi connectivity index (χ2v) is 8.00. The van der Waals surface area contributed by atoms with Gasteiger partial charge >= 0.3 is 5.97 Å². The van der Waals surface area contributed by atoms with Gasteiger partial charge in [-0.15, -0.1) is 0 Å². The molecule has 2 heterocycles. The fourth-order valence-corrected chi connectivity index (χ4v) is 3.68. The predicted octanol–water partition coefficient (Wildman–Crippen LogP) is 4.37. The van der Waals surface area contributed by atoms with Crippen LogP contribution < -0.4 is 0 Å². The summed E-state index contributed by atoms with van der Waals surface area (Å²) in [5.41, 5.74) is 7.35. The lowest BCUT2D eigenvalue weighted by Gasteiger charge is -2.13. The van der Waals surface area contributed by atoms with Crippen molar-refractivity contribution in [3.63, 3.8) is 0 Å². The molecule has 6 heteroatoms.